The Morgan fingerprint density at radius 1 is 1.09 bits per heavy atom. The molecule has 1 aliphatic heterocycles. The molecule has 2 amide bonds. The predicted octanol–water partition coefficient (Wildman–Crippen LogP) is 5.26. The summed E-state index contributed by atoms with van der Waals surface area (Å²) in [5, 5.41) is 8.19. The maximum Gasteiger partial charge on any atom is 0.405 e. The average Bonchev–Trinajstić information content (AvgIpc) is 3.66. The first-order chi connectivity index (χ1) is 20.8. The first-order valence-electron chi connectivity index (χ1n) is 14.4. The maximum atomic E-state index is 14.4. The summed E-state index contributed by atoms with van der Waals surface area (Å²) in [6.45, 7) is 0.928. The van der Waals surface area contributed by atoms with Crippen molar-refractivity contribution >= 4 is 17.8 Å². The number of anilines is 1. The second kappa shape index (κ2) is 10.6. The van der Waals surface area contributed by atoms with Gasteiger partial charge in [0.15, 0.2) is 5.82 Å². The molecule has 4 aromatic rings. The van der Waals surface area contributed by atoms with Gasteiger partial charge in [0, 0.05) is 29.8 Å². The van der Waals surface area contributed by atoms with Crippen LogP contribution in [-0.4, -0.2) is 44.0 Å². The first kappa shape index (κ1) is 27.2. The minimum atomic E-state index is -0.793. The van der Waals surface area contributed by atoms with E-state index in [9.17, 15) is 14.0 Å². The van der Waals surface area contributed by atoms with E-state index in [-0.39, 0.29) is 24.9 Å². The van der Waals surface area contributed by atoms with Crippen molar-refractivity contribution in [3.8, 4) is 22.5 Å². The van der Waals surface area contributed by atoms with Crippen molar-refractivity contribution in [2.45, 2.75) is 56.8 Å². The fourth-order valence-corrected chi connectivity index (χ4v) is 5.94. The zero-order valence-electron chi connectivity index (χ0n) is 23.8. The molecule has 0 unspecified atom stereocenters. The maximum absolute atomic E-state index is 14.4. The third kappa shape index (κ3) is 5.25. The van der Waals surface area contributed by atoms with E-state index in [1.807, 2.05) is 37.4 Å². The average molecular weight is 583 g/mol. The molecule has 0 atom stereocenters. The summed E-state index contributed by atoms with van der Waals surface area (Å²) in [7, 11) is 1.82. The van der Waals surface area contributed by atoms with Crippen molar-refractivity contribution in [2.24, 2.45) is 12.8 Å². The lowest BCUT2D eigenvalue weighted by molar-refractivity contribution is -0.102. The van der Waals surface area contributed by atoms with E-state index < -0.39 is 11.7 Å². The van der Waals surface area contributed by atoms with Gasteiger partial charge in [0.1, 0.15) is 23.6 Å². The molecule has 10 nitrogen and oxygen atoms in total. The van der Waals surface area contributed by atoms with Gasteiger partial charge in [-0.25, -0.2) is 14.2 Å². The molecule has 2 N–H and O–H groups in total. The van der Waals surface area contributed by atoms with Crippen LogP contribution in [0.15, 0.2) is 54.9 Å². The molecule has 0 saturated heterocycles. The topological polar surface area (TPSA) is 125 Å². The van der Waals surface area contributed by atoms with Crippen molar-refractivity contribution < 1.29 is 23.5 Å². The lowest BCUT2D eigenvalue weighted by atomic mass is 9.81. The van der Waals surface area contributed by atoms with Crippen molar-refractivity contribution in [1.29, 1.82) is 0 Å². The van der Waals surface area contributed by atoms with Crippen LogP contribution in [0.4, 0.5) is 15.0 Å². The Bertz CT molecular complexity index is 1750. The fraction of sp³-hybridized carbons (Fsp3) is 0.344. The minimum absolute atomic E-state index is 0.136. The lowest BCUT2D eigenvalue weighted by Crippen LogP contribution is -2.47. The molecule has 3 heterocycles. The number of fused-ring (bicyclic) bond motifs is 1. The number of carbonyl (C=O) groups excluding carboxylic acids is 2. The van der Waals surface area contributed by atoms with Crippen molar-refractivity contribution in [2.75, 3.05) is 11.5 Å². The largest absolute Gasteiger partial charge is 0.441 e. The molecule has 0 spiro atoms. The second-order valence-electron chi connectivity index (χ2n) is 11.7. The number of halogens is 1. The summed E-state index contributed by atoms with van der Waals surface area (Å²) in [5.41, 5.74) is 10.1. The number of aryl methyl sites for hydroxylation is 1. The third-order valence-electron chi connectivity index (χ3n) is 8.54. The van der Waals surface area contributed by atoms with E-state index >= 15 is 0 Å². The Labute approximate surface area is 247 Å². The van der Waals surface area contributed by atoms with Gasteiger partial charge in [-0.1, -0.05) is 18.2 Å². The van der Waals surface area contributed by atoms with Gasteiger partial charge in [0.2, 0.25) is 0 Å². The predicted molar refractivity (Wildman–Crippen MR) is 155 cm³/mol. The van der Waals surface area contributed by atoms with Gasteiger partial charge >= 0.3 is 6.09 Å². The number of ether oxygens (including phenoxy) is 2. The second-order valence-corrected chi connectivity index (χ2v) is 11.7. The molecule has 11 heteroatoms. The molecule has 2 aromatic heterocycles. The van der Waals surface area contributed by atoms with Gasteiger partial charge in [-0.3, -0.25) is 9.69 Å². The number of hydrogen-bond donors (Lipinski definition) is 1. The molecular weight excluding hydrogens is 551 g/mol. The third-order valence-corrected chi connectivity index (χ3v) is 8.54. The van der Waals surface area contributed by atoms with Crippen molar-refractivity contribution in [1.82, 2.24) is 19.7 Å². The van der Waals surface area contributed by atoms with Gasteiger partial charge in [-0.15, -0.1) is 10.2 Å². The molecule has 2 fully saturated rings. The van der Waals surface area contributed by atoms with Gasteiger partial charge in [-0.05, 0) is 84.7 Å². The smallest absolute Gasteiger partial charge is 0.405 e. The highest BCUT2D eigenvalue weighted by Gasteiger charge is 2.41. The van der Waals surface area contributed by atoms with Crippen LogP contribution in [0.3, 0.4) is 0 Å². The van der Waals surface area contributed by atoms with E-state index in [0.29, 0.717) is 35.2 Å². The molecular formula is C32H31FN6O4. The zero-order chi connectivity index (χ0) is 29.7. The Hall–Kier alpha value is -4.64. The van der Waals surface area contributed by atoms with Crippen LogP contribution < -0.4 is 10.6 Å². The molecule has 3 aliphatic rings. The van der Waals surface area contributed by atoms with Gasteiger partial charge in [0.05, 0.1) is 19.8 Å². The number of primary amides is 1. The molecule has 220 valence electrons. The van der Waals surface area contributed by atoms with Crippen molar-refractivity contribution in [3.63, 3.8) is 0 Å². The van der Waals surface area contributed by atoms with Gasteiger partial charge in [0.25, 0.3) is 5.91 Å². The van der Waals surface area contributed by atoms with Gasteiger partial charge < -0.3 is 19.8 Å². The Kier molecular flexibility index (Phi) is 6.69. The van der Waals surface area contributed by atoms with Crippen LogP contribution in [0.2, 0.25) is 0 Å². The molecule has 0 bridgehead atoms. The summed E-state index contributed by atoms with van der Waals surface area (Å²) in [6.07, 6.45) is 5.27. The minimum Gasteiger partial charge on any atom is -0.441 e. The van der Waals surface area contributed by atoms with Crippen molar-refractivity contribution in [3.05, 3.63) is 83.1 Å². The number of nitrogens with two attached hydrogens (primary N) is 1. The number of amides is 2. The van der Waals surface area contributed by atoms with E-state index in [1.165, 1.54) is 12.1 Å². The molecule has 2 aliphatic carbocycles. The highest BCUT2D eigenvalue weighted by Crippen LogP contribution is 2.43. The Morgan fingerprint density at radius 2 is 1.93 bits per heavy atom. The molecule has 2 saturated carbocycles. The number of rotatable bonds is 9. The van der Waals surface area contributed by atoms with E-state index in [0.717, 1.165) is 60.1 Å². The molecule has 7 rings (SSSR count). The summed E-state index contributed by atoms with van der Waals surface area (Å²) >= 11 is 0. The fourth-order valence-electron chi connectivity index (χ4n) is 5.94. The normalized spacial score (nSPS) is 17.1. The quantitative estimate of drug-likeness (QED) is 0.286. The summed E-state index contributed by atoms with van der Waals surface area (Å²) < 4.78 is 27.4. The van der Waals surface area contributed by atoms with Crippen LogP contribution in [-0.2, 0) is 29.7 Å². The van der Waals surface area contributed by atoms with E-state index in [1.54, 1.807) is 21.9 Å². The van der Waals surface area contributed by atoms with E-state index in [4.69, 9.17) is 20.2 Å². The first-order valence-corrected chi connectivity index (χ1v) is 14.4. The Morgan fingerprint density at radius 3 is 2.63 bits per heavy atom. The lowest BCUT2D eigenvalue weighted by Gasteiger charge is -2.39. The highest BCUT2D eigenvalue weighted by atomic mass is 19.1. The Balaban J connectivity index is 1.16. The highest BCUT2D eigenvalue weighted by molar-refractivity contribution is 6.10. The summed E-state index contributed by atoms with van der Waals surface area (Å²) in [4.78, 5) is 31.7. The molecule has 43 heavy (non-hydrogen) atoms. The van der Waals surface area contributed by atoms with Crippen LogP contribution in [0.1, 0.15) is 65.2 Å². The van der Waals surface area contributed by atoms with Crippen LogP contribution >= 0.6 is 0 Å². The zero-order valence-corrected chi connectivity index (χ0v) is 23.8. The van der Waals surface area contributed by atoms with Gasteiger partial charge in [-0.2, -0.15) is 0 Å². The number of carbonyl (C=O) groups is 2. The van der Waals surface area contributed by atoms with Crippen LogP contribution in [0.25, 0.3) is 22.5 Å². The summed E-state index contributed by atoms with van der Waals surface area (Å²) in [5.74, 6) is 0.931. The monoisotopic (exact) mass is 582 g/mol. The number of hydrogen-bond acceptors (Lipinski definition) is 7. The van der Waals surface area contributed by atoms with E-state index in [2.05, 4.69) is 10.2 Å². The summed E-state index contributed by atoms with van der Waals surface area (Å²) in [6, 6.07) is 14.3. The standard InChI is InChI=1S/C32H31FN6O4/c1-38-18-35-37-29(38)26-14-23(33)7-8-24(26)22-12-27(20-5-6-20)36-28(13-22)39-15-21-4-3-19(11-25(21)30(39)40)16-42-17-32(9-2-10-32)43-31(34)41/h3-4,7-8,11-14,18,20H,2,5-6,9-10,15-17H2,1H3,(H2,34,41). The molecule has 0 radical (unpaired) electrons. The number of pyridine rings is 1. The number of benzene rings is 2. The SMILES string of the molecule is Cn1cnnc1-c1cc(F)ccc1-c1cc(C2CC2)nc(N2Cc3ccc(COCC4(OC(N)=O)CCC4)cc3C2=O)c1. The number of nitrogens with zero attached hydrogens (tertiary/aromatic N) is 5. The number of aromatic nitrogens is 4. The van der Waals surface area contributed by atoms with Crippen LogP contribution in [0.5, 0.6) is 0 Å². The molecule has 2 aromatic carbocycles. The van der Waals surface area contributed by atoms with Crippen LogP contribution in [0, 0.1) is 5.82 Å².